The molecule has 0 fully saturated rings. The Kier molecular flexibility index (Phi) is 9.32. The van der Waals surface area contributed by atoms with Gasteiger partial charge in [0.05, 0.1) is 24.7 Å². The van der Waals surface area contributed by atoms with Crippen LogP contribution in [0.3, 0.4) is 0 Å². The molecule has 1 N–H and O–H groups in total. The molecule has 192 valence electrons. The van der Waals surface area contributed by atoms with E-state index in [9.17, 15) is 13.2 Å². The van der Waals surface area contributed by atoms with Crippen LogP contribution in [0.2, 0.25) is 0 Å². The van der Waals surface area contributed by atoms with E-state index in [1.54, 1.807) is 24.3 Å². The minimum absolute atomic E-state index is 0.136. The topological polar surface area (TPSA) is 94.2 Å². The van der Waals surface area contributed by atoms with Crippen molar-refractivity contribution in [3.05, 3.63) is 77.9 Å². The Morgan fingerprint density at radius 2 is 1.39 bits per heavy atom. The van der Waals surface area contributed by atoms with Crippen molar-refractivity contribution >= 4 is 21.6 Å². The smallest absolute Gasteiger partial charge is 0.255 e. The SMILES string of the molecule is CCOc1cc(C(=O)Nc2ccc(S(=O)(=O)N(C)Cc3ccccc3)cc2)cc(OCC)c1OCC. The highest BCUT2D eigenvalue weighted by molar-refractivity contribution is 7.89. The number of carbonyl (C=O) groups is 1. The fraction of sp³-hybridized carbons (Fsp3) is 0.296. The van der Waals surface area contributed by atoms with Gasteiger partial charge in [0.15, 0.2) is 11.5 Å². The molecule has 0 radical (unpaired) electrons. The molecular formula is C27H32N2O6S. The van der Waals surface area contributed by atoms with Gasteiger partial charge in [0.1, 0.15) is 0 Å². The summed E-state index contributed by atoms with van der Waals surface area (Å²) in [6, 6.07) is 18.6. The van der Waals surface area contributed by atoms with Crippen molar-refractivity contribution in [3.8, 4) is 17.2 Å². The Morgan fingerprint density at radius 1 is 0.833 bits per heavy atom. The number of carbonyl (C=O) groups excluding carboxylic acids is 1. The number of nitrogens with zero attached hydrogens (tertiary/aromatic N) is 1. The number of nitrogens with one attached hydrogen (secondary N) is 1. The van der Waals surface area contributed by atoms with Gasteiger partial charge in [-0.25, -0.2) is 8.42 Å². The van der Waals surface area contributed by atoms with Crippen molar-refractivity contribution in [1.82, 2.24) is 4.31 Å². The third-order valence-corrected chi connectivity index (χ3v) is 7.06. The van der Waals surface area contributed by atoms with E-state index in [0.29, 0.717) is 48.3 Å². The molecule has 0 atom stereocenters. The van der Waals surface area contributed by atoms with Crippen molar-refractivity contribution in [2.45, 2.75) is 32.2 Å². The minimum atomic E-state index is -3.70. The molecule has 0 heterocycles. The summed E-state index contributed by atoms with van der Waals surface area (Å²) in [6.07, 6.45) is 0. The molecule has 3 aromatic carbocycles. The van der Waals surface area contributed by atoms with Crippen LogP contribution in [0.15, 0.2) is 71.6 Å². The van der Waals surface area contributed by atoms with Crippen molar-refractivity contribution in [2.24, 2.45) is 0 Å². The van der Waals surface area contributed by atoms with Gasteiger partial charge in [-0.1, -0.05) is 30.3 Å². The summed E-state index contributed by atoms with van der Waals surface area (Å²) in [5.74, 6) is 0.889. The predicted molar refractivity (Wildman–Crippen MR) is 139 cm³/mol. The largest absolute Gasteiger partial charge is 0.490 e. The van der Waals surface area contributed by atoms with E-state index in [1.807, 2.05) is 51.1 Å². The lowest BCUT2D eigenvalue weighted by molar-refractivity contribution is 0.102. The van der Waals surface area contributed by atoms with Gasteiger partial charge in [0.2, 0.25) is 15.8 Å². The van der Waals surface area contributed by atoms with Crippen LogP contribution in [0.1, 0.15) is 36.7 Å². The van der Waals surface area contributed by atoms with Crippen LogP contribution in [-0.2, 0) is 16.6 Å². The van der Waals surface area contributed by atoms with Crippen LogP contribution in [0.4, 0.5) is 5.69 Å². The Morgan fingerprint density at radius 3 is 1.92 bits per heavy atom. The van der Waals surface area contributed by atoms with E-state index in [1.165, 1.54) is 23.5 Å². The average Bonchev–Trinajstić information content (AvgIpc) is 2.87. The highest BCUT2D eigenvalue weighted by atomic mass is 32.2. The third-order valence-electron chi connectivity index (χ3n) is 5.24. The predicted octanol–water partition coefficient (Wildman–Crippen LogP) is 4.96. The Balaban J connectivity index is 1.78. The summed E-state index contributed by atoms with van der Waals surface area (Å²) in [5.41, 5.74) is 1.67. The van der Waals surface area contributed by atoms with Gasteiger partial charge in [-0.2, -0.15) is 4.31 Å². The zero-order valence-electron chi connectivity index (χ0n) is 21.0. The molecule has 0 spiro atoms. The fourth-order valence-corrected chi connectivity index (χ4v) is 4.70. The second-order valence-electron chi connectivity index (χ2n) is 7.83. The summed E-state index contributed by atoms with van der Waals surface area (Å²) in [5, 5.41) is 2.80. The molecule has 8 nitrogen and oxygen atoms in total. The van der Waals surface area contributed by atoms with Gasteiger partial charge in [-0.3, -0.25) is 4.79 Å². The quantitative estimate of drug-likeness (QED) is 0.369. The number of benzene rings is 3. The molecule has 0 aromatic heterocycles. The molecule has 0 unspecified atom stereocenters. The van der Waals surface area contributed by atoms with Gasteiger partial charge in [0, 0.05) is 24.8 Å². The van der Waals surface area contributed by atoms with Gasteiger partial charge < -0.3 is 19.5 Å². The van der Waals surface area contributed by atoms with Crippen molar-refractivity contribution < 1.29 is 27.4 Å². The zero-order valence-corrected chi connectivity index (χ0v) is 21.8. The highest BCUT2D eigenvalue weighted by Crippen LogP contribution is 2.39. The van der Waals surface area contributed by atoms with Crippen molar-refractivity contribution in [2.75, 3.05) is 32.2 Å². The summed E-state index contributed by atoms with van der Waals surface area (Å²) >= 11 is 0. The van der Waals surface area contributed by atoms with Crippen LogP contribution < -0.4 is 19.5 Å². The summed E-state index contributed by atoms with van der Waals surface area (Å²) < 4.78 is 44.3. The number of hydrogen-bond donors (Lipinski definition) is 1. The number of sulfonamides is 1. The molecule has 36 heavy (non-hydrogen) atoms. The van der Waals surface area contributed by atoms with E-state index in [4.69, 9.17) is 14.2 Å². The molecule has 0 aliphatic carbocycles. The molecule has 3 rings (SSSR count). The molecule has 0 bridgehead atoms. The average molecular weight is 513 g/mol. The summed E-state index contributed by atoms with van der Waals surface area (Å²) in [4.78, 5) is 13.1. The number of rotatable bonds is 12. The maximum absolute atomic E-state index is 13.0. The maximum Gasteiger partial charge on any atom is 0.255 e. The zero-order chi connectivity index (χ0) is 26.1. The van der Waals surface area contributed by atoms with Crippen LogP contribution in [0, 0.1) is 0 Å². The van der Waals surface area contributed by atoms with Crippen LogP contribution in [0.25, 0.3) is 0 Å². The number of anilines is 1. The number of hydrogen-bond acceptors (Lipinski definition) is 6. The Hall–Kier alpha value is -3.56. The first-order chi connectivity index (χ1) is 17.3. The fourth-order valence-electron chi connectivity index (χ4n) is 3.54. The normalized spacial score (nSPS) is 11.2. The first-order valence-electron chi connectivity index (χ1n) is 11.8. The molecule has 0 aliphatic heterocycles. The second-order valence-corrected chi connectivity index (χ2v) is 9.87. The second kappa shape index (κ2) is 12.4. The van der Waals surface area contributed by atoms with Crippen molar-refractivity contribution in [1.29, 1.82) is 0 Å². The standard InChI is InChI=1S/C27H32N2O6S/c1-5-33-24-17-21(18-25(34-6-2)26(24)35-7-3)27(30)28-22-13-15-23(16-14-22)36(31,32)29(4)19-20-11-9-8-10-12-20/h8-18H,5-7,19H2,1-4H3,(H,28,30). The third kappa shape index (κ3) is 6.56. The van der Waals surface area contributed by atoms with Gasteiger partial charge >= 0.3 is 0 Å². The first-order valence-corrected chi connectivity index (χ1v) is 13.2. The van der Waals surface area contributed by atoms with Crippen LogP contribution in [-0.4, -0.2) is 45.5 Å². The number of ether oxygens (including phenoxy) is 3. The van der Waals surface area contributed by atoms with Crippen molar-refractivity contribution in [3.63, 3.8) is 0 Å². The molecule has 0 saturated carbocycles. The summed E-state index contributed by atoms with van der Waals surface area (Å²) in [7, 11) is -2.16. The maximum atomic E-state index is 13.0. The Labute approximate surface area is 212 Å². The van der Waals surface area contributed by atoms with E-state index in [0.717, 1.165) is 5.56 Å². The molecule has 0 saturated heterocycles. The van der Waals surface area contributed by atoms with Crippen LogP contribution >= 0.6 is 0 Å². The molecule has 0 aliphatic rings. The lowest BCUT2D eigenvalue weighted by atomic mass is 10.1. The van der Waals surface area contributed by atoms with Gasteiger partial charge in [-0.15, -0.1) is 0 Å². The monoisotopic (exact) mass is 512 g/mol. The minimum Gasteiger partial charge on any atom is -0.490 e. The van der Waals surface area contributed by atoms with Gasteiger partial charge in [-0.05, 0) is 62.7 Å². The summed E-state index contributed by atoms with van der Waals surface area (Å²) in [6.45, 7) is 7.00. The highest BCUT2D eigenvalue weighted by Gasteiger charge is 2.22. The van der Waals surface area contributed by atoms with Crippen LogP contribution in [0.5, 0.6) is 17.2 Å². The molecule has 9 heteroatoms. The van der Waals surface area contributed by atoms with E-state index >= 15 is 0 Å². The van der Waals surface area contributed by atoms with E-state index in [2.05, 4.69) is 5.32 Å². The molecular weight excluding hydrogens is 480 g/mol. The number of amides is 1. The molecule has 3 aromatic rings. The molecule has 1 amide bonds. The Bertz CT molecular complexity index is 1230. The van der Waals surface area contributed by atoms with E-state index < -0.39 is 15.9 Å². The lowest BCUT2D eigenvalue weighted by Crippen LogP contribution is -2.26. The first kappa shape index (κ1) is 27.0. The lowest BCUT2D eigenvalue weighted by Gasteiger charge is -2.18. The van der Waals surface area contributed by atoms with E-state index in [-0.39, 0.29) is 11.4 Å². The van der Waals surface area contributed by atoms with Gasteiger partial charge in [0.25, 0.3) is 5.91 Å².